The van der Waals surface area contributed by atoms with Crippen LogP contribution in [0.5, 0.6) is 0 Å². The maximum atomic E-state index is 14.1. The first kappa shape index (κ1) is 54.4. The summed E-state index contributed by atoms with van der Waals surface area (Å²) in [6.45, 7) is 5.70. The number of aromatic nitrogens is 1. The summed E-state index contributed by atoms with van der Waals surface area (Å²) in [7, 11) is 0. The number of primary amides is 1. The lowest BCUT2D eigenvalue weighted by Gasteiger charge is -2.27. The highest BCUT2D eigenvalue weighted by molar-refractivity contribution is 6.00. The number of carbonyl (C=O) groups is 9. The number of unbranched alkanes of at least 4 members (excludes halogenated alkanes) is 1. The lowest BCUT2D eigenvalue weighted by molar-refractivity contribution is -0.139. The third-order valence-corrected chi connectivity index (χ3v) is 11.5. The number of aryl methyl sites for hydroxylation is 2. The van der Waals surface area contributed by atoms with Crippen LogP contribution >= 0.6 is 0 Å². The number of aliphatic carboxylic acids is 2. The van der Waals surface area contributed by atoms with Crippen molar-refractivity contribution in [2.45, 2.75) is 123 Å². The molecule has 0 saturated heterocycles. The van der Waals surface area contributed by atoms with Crippen molar-refractivity contribution in [3.05, 3.63) is 89.7 Å². The first-order valence-corrected chi connectivity index (χ1v) is 22.7. The van der Waals surface area contributed by atoms with E-state index in [1.807, 2.05) is 31.2 Å². The van der Waals surface area contributed by atoms with E-state index in [0.717, 1.165) is 11.1 Å². The lowest BCUT2D eigenvalue weighted by atomic mass is 9.84. The standard InChI is InChI=1S/C49H65N7O11/c1-4-31(2)38(48(66)55-41(46(50)64)15-9-16-44(60)61)29-42(58)40(22-24-45(62)63)54-47(65)35(13-7-8-26-52-43(59)23-19-34-12-10-25-51-30-34)28-37(57)27-33-17-20-36(21-18-33)53-49(67)56-39-14-6-5-11-32(39)3/h5-6,10-12,14,17-18,20-21,25,30-31,35,38,40-41H,4,7-9,13,15-16,19,22-24,26-29H2,1-3H3,(H2,50,64)(H,52,59)(H,54,65)(H,55,66)(H,60,61)(H,62,63)(H2,53,56,67)/t31?,35-,38+,40+,41+/m1/s1. The molecule has 0 aliphatic rings. The van der Waals surface area contributed by atoms with Crippen molar-refractivity contribution in [3.63, 3.8) is 0 Å². The summed E-state index contributed by atoms with van der Waals surface area (Å²) in [6.07, 6.45) is 3.89. The fourth-order valence-electron chi connectivity index (χ4n) is 7.33. The highest BCUT2D eigenvalue weighted by Gasteiger charge is 2.34. The monoisotopic (exact) mass is 927 g/mol. The van der Waals surface area contributed by atoms with Gasteiger partial charge in [-0.25, -0.2) is 4.79 Å². The second kappa shape index (κ2) is 28.8. The van der Waals surface area contributed by atoms with E-state index < -0.39 is 84.2 Å². The average molecular weight is 928 g/mol. The highest BCUT2D eigenvalue weighted by Crippen LogP contribution is 2.24. The topological polar surface area (TPSA) is 293 Å². The number of carbonyl (C=O) groups excluding carboxylic acids is 7. The molecule has 1 aromatic heterocycles. The van der Waals surface area contributed by atoms with Crippen molar-refractivity contribution in [2.24, 2.45) is 23.5 Å². The van der Waals surface area contributed by atoms with Gasteiger partial charge in [0.15, 0.2) is 5.78 Å². The molecule has 3 aromatic rings. The number of Topliss-reactive ketones (excluding diaryl/α,β-unsaturated/α-hetero) is 2. The molecule has 67 heavy (non-hydrogen) atoms. The molecule has 0 radical (unpaired) electrons. The number of nitrogens with two attached hydrogens (primary N) is 1. The van der Waals surface area contributed by atoms with Gasteiger partial charge in [0.05, 0.1) is 6.04 Å². The molecular weight excluding hydrogens is 863 g/mol. The number of ketones is 2. The summed E-state index contributed by atoms with van der Waals surface area (Å²) in [4.78, 5) is 119. The number of carboxylic acid groups (broad SMARTS) is 2. The van der Waals surface area contributed by atoms with Gasteiger partial charge in [-0.2, -0.15) is 0 Å². The van der Waals surface area contributed by atoms with Gasteiger partial charge in [-0.15, -0.1) is 0 Å². The number of rotatable bonds is 31. The minimum atomic E-state index is -1.34. The van der Waals surface area contributed by atoms with Gasteiger partial charge in [0.1, 0.15) is 11.8 Å². The minimum absolute atomic E-state index is 0.0410. The van der Waals surface area contributed by atoms with Crippen molar-refractivity contribution >= 4 is 64.5 Å². The number of anilines is 2. The van der Waals surface area contributed by atoms with Crippen LogP contribution in [0.2, 0.25) is 0 Å². The zero-order valence-corrected chi connectivity index (χ0v) is 38.5. The van der Waals surface area contributed by atoms with Crippen LogP contribution in [0.1, 0.15) is 108 Å². The molecule has 1 heterocycles. The molecule has 0 spiro atoms. The largest absolute Gasteiger partial charge is 0.481 e. The molecule has 362 valence electrons. The normalized spacial score (nSPS) is 13.1. The summed E-state index contributed by atoms with van der Waals surface area (Å²) < 4.78 is 0. The molecule has 0 aliphatic carbocycles. The van der Waals surface area contributed by atoms with Crippen LogP contribution < -0.4 is 32.3 Å². The van der Waals surface area contributed by atoms with E-state index >= 15 is 0 Å². The van der Waals surface area contributed by atoms with Gasteiger partial charge >= 0.3 is 18.0 Å². The summed E-state index contributed by atoms with van der Waals surface area (Å²) in [6, 6.07) is 14.7. The number of para-hydroxylation sites is 1. The number of nitrogens with zero attached hydrogens (tertiary/aromatic N) is 1. The molecular formula is C49H65N7O11. The number of carboxylic acids is 2. The van der Waals surface area contributed by atoms with E-state index in [1.165, 1.54) is 0 Å². The van der Waals surface area contributed by atoms with E-state index in [0.29, 0.717) is 49.2 Å². The minimum Gasteiger partial charge on any atom is -0.481 e. The Kier molecular flexibility index (Phi) is 23.4. The predicted octanol–water partition coefficient (Wildman–Crippen LogP) is 5.27. The van der Waals surface area contributed by atoms with Crippen LogP contribution in [0.15, 0.2) is 73.1 Å². The Labute approximate surface area is 391 Å². The molecule has 0 saturated carbocycles. The number of pyridine rings is 1. The second-order valence-electron chi connectivity index (χ2n) is 16.8. The molecule has 3 rings (SSSR count). The molecule has 0 bridgehead atoms. The number of urea groups is 1. The van der Waals surface area contributed by atoms with Gasteiger partial charge in [-0.3, -0.25) is 43.3 Å². The van der Waals surface area contributed by atoms with Gasteiger partial charge in [-0.1, -0.05) is 63.1 Å². The predicted molar refractivity (Wildman–Crippen MR) is 250 cm³/mol. The molecule has 2 aromatic carbocycles. The van der Waals surface area contributed by atoms with Gasteiger partial charge in [0.2, 0.25) is 23.6 Å². The smallest absolute Gasteiger partial charge is 0.323 e. The quantitative estimate of drug-likeness (QED) is 0.0383. The zero-order valence-electron chi connectivity index (χ0n) is 38.5. The van der Waals surface area contributed by atoms with E-state index in [9.17, 15) is 48.3 Å². The molecule has 18 heteroatoms. The number of hydrogen-bond donors (Lipinski definition) is 8. The Bertz CT molecular complexity index is 2150. The highest BCUT2D eigenvalue weighted by atomic mass is 16.4. The molecule has 1 unspecified atom stereocenters. The van der Waals surface area contributed by atoms with Crippen LogP contribution in [-0.4, -0.2) is 87.0 Å². The summed E-state index contributed by atoms with van der Waals surface area (Å²) in [5, 5.41) is 32.2. The maximum Gasteiger partial charge on any atom is 0.323 e. The second-order valence-corrected chi connectivity index (χ2v) is 16.8. The van der Waals surface area contributed by atoms with Crippen molar-refractivity contribution in [3.8, 4) is 0 Å². The third kappa shape index (κ3) is 20.8. The Hall–Kier alpha value is -6.98. The van der Waals surface area contributed by atoms with Gasteiger partial charge in [0, 0.05) is 80.7 Å². The molecule has 18 nitrogen and oxygen atoms in total. The summed E-state index contributed by atoms with van der Waals surface area (Å²) in [5.41, 5.74) is 9.07. The van der Waals surface area contributed by atoms with E-state index in [4.69, 9.17) is 10.8 Å². The van der Waals surface area contributed by atoms with E-state index in [-0.39, 0.29) is 63.1 Å². The van der Waals surface area contributed by atoms with Crippen LogP contribution in [0.25, 0.3) is 0 Å². The van der Waals surface area contributed by atoms with Crippen LogP contribution in [0.4, 0.5) is 16.2 Å². The summed E-state index contributed by atoms with van der Waals surface area (Å²) >= 11 is 0. The number of benzene rings is 2. The lowest BCUT2D eigenvalue weighted by Crippen LogP contribution is -2.49. The SMILES string of the molecule is CCC(C)[C@H](CC(=O)[C@H](CCC(=O)O)NC(=O)[C@H](CCCCNC(=O)CCc1cccnc1)CC(=O)Cc1ccc(NC(=O)Nc2ccccc2C)cc1)C(=O)N[C@@H](CCCC(=O)O)C(N)=O. The maximum absolute atomic E-state index is 14.1. The van der Waals surface area contributed by atoms with Crippen molar-refractivity contribution in [1.82, 2.24) is 20.9 Å². The fraction of sp³-hybridized carbons (Fsp3) is 0.469. The van der Waals surface area contributed by atoms with Crippen LogP contribution in [0.3, 0.4) is 0 Å². The van der Waals surface area contributed by atoms with Gasteiger partial charge < -0.3 is 42.5 Å². The van der Waals surface area contributed by atoms with Crippen molar-refractivity contribution in [1.29, 1.82) is 0 Å². The Morgan fingerprint density at radius 2 is 1.42 bits per heavy atom. The van der Waals surface area contributed by atoms with Crippen LogP contribution in [-0.2, 0) is 51.2 Å². The van der Waals surface area contributed by atoms with Gasteiger partial charge in [0.25, 0.3) is 0 Å². The molecule has 9 N–H and O–H groups in total. The molecule has 6 amide bonds. The first-order valence-electron chi connectivity index (χ1n) is 22.7. The van der Waals surface area contributed by atoms with Crippen molar-refractivity contribution in [2.75, 3.05) is 17.2 Å². The van der Waals surface area contributed by atoms with Crippen LogP contribution in [0, 0.1) is 24.7 Å². The Morgan fingerprint density at radius 1 is 0.716 bits per heavy atom. The first-order chi connectivity index (χ1) is 31.9. The van der Waals surface area contributed by atoms with Gasteiger partial charge in [-0.05, 0) is 92.3 Å². The zero-order chi connectivity index (χ0) is 49.3. The molecule has 0 fully saturated rings. The number of hydrogen-bond acceptors (Lipinski definition) is 10. The average Bonchev–Trinajstić information content (AvgIpc) is 3.29. The number of amides is 6. The Balaban J connectivity index is 1.74. The van der Waals surface area contributed by atoms with Crippen molar-refractivity contribution < 1.29 is 53.4 Å². The van der Waals surface area contributed by atoms with E-state index in [1.54, 1.807) is 62.6 Å². The van der Waals surface area contributed by atoms with E-state index in [2.05, 4.69) is 31.6 Å². The summed E-state index contributed by atoms with van der Waals surface area (Å²) in [5.74, 6) is -7.97. The molecule has 5 atom stereocenters. The Morgan fingerprint density at radius 3 is 2.06 bits per heavy atom. The number of nitrogens with one attached hydrogen (secondary N) is 5. The third-order valence-electron chi connectivity index (χ3n) is 11.5. The fourth-order valence-corrected chi connectivity index (χ4v) is 7.33. The molecule has 0 aliphatic heterocycles.